The van der Waals surface area contributed by atoms with Gasteiger partial charge in [0.25, 0.3) is 5.91 Å². The number of nitrogens with zero attached hydrogens (tertiary/aromatic N) is 2. The predicted octanol–water partition coefficient (Wildman–Crippen LogP) is 4.78. The summed E-state index contributed by atoms with van der Waals surface area (Å²) in [6.45, 7) is 0. The summed E-state index contributed by atoms with van der Waals surface area (Å²) < 4.78 is 10.7. The molecule has 0 fully saturated rings. The predicted molar refractivity (Wildman–Crippen MR) is 101 cm³/mol. The van der Waals surface area contributed by atoms with Crippen molar-refractivity contribution < 1.29 is 13.9 Å². The van der Waals surface area contributed by atoms with Gasteiger partial charge in [-0.15, -0.1) is 10.2 Å². The SMILES string of the molecule is O=C(Nc1ccc(-c2ccc(Oc3ccccc3)cc2)nn1)c1ccoc1. The van der Waals surface area contributed by atoms with Crippen LogP contribution in [0.2, 0.25) is 0 Å². The number of hydrogen-bond acceptors (Lipinski definition) is 5. The summed E-state index contributed by atoms with van der Waals surface area (Å²) in [5.41, 5.74) is 2.02. The zero-order valence-corrected chi connectivity index (χ0v) is 14.2. The van der Waals surface area contributed by atoms with Crippen LogP contribution >= 0.6 is 0 Å². The molecule has 2 heterocycles. The first-order valence-corrected chi connectivity index (χ1v) is 8.28. The Labute approximate surface area is 155 Å². The molecule has 132 valence electrons. The van der Waals surface area contributed by atoms with Gasteiger partial charge in [-0.05, 0) is 54.6 Å². The molecule has 6 nitrogen and oxygen atoms in total. The Bertz CT molecular complexity index is 1010. The zero-order chi connectivity index (χ0) is 18.5. The second-order valence-corrected chi connectivity index (χ2v) is 5.71. The van der Waals surface area contributed by atoms with Crippen LogP contribution in [-0.2, 0) is 0 Å². The molecule has 0 atom stereocenters. The fraction of sp³-hybridized carbons (Fsp3) is 0. The van der Waals surface area contributed by atoms with E-state index in [1.165, 1.54) is 12.5 Å². The molecular weight excluding hydrogens is 342 g/mol. The lowest BCUT2D eigenvalue weighted by Gasteiger charge is -2.07. The Morgan fingerprint density at radius 3 is 2.30 bits per heavy atom. The third kappa shape index (κ3) is 4.01. The molecule has 4 aromatic rings. The lowest BCUT2D eigenvalue weighted by atomic mass is 10.1. The van der Waals surface area contributed by atoms with Crippen molar-refractivity contribution in [2.24, 2.45) is 0 Å². The number of carbonyl (C=O) groups is 1. The second kappa shape index (κ2) is 7.53. The van der Waals surface area contributed by atoms with Gasteiger partial charge in [-0.3, -0.25) is 4.79 Å². The Hall–Kier alpha value is -3.93. The summed E-state index contributed by atoms with van der Waals surface area (Å²) in [6.07, 6.45) is 2.81. The molecule has 27 heavy (non-hydrogen) atoms. The first-order chi connectivity index (χ1) is 13.3. The molecule has 2 aromatic carbocycles. The molecule has 0 spiro atoms. The van der Waals surface area contributed by atoms with Crippen molar-refractivity contribution >= 4 is 11.7 Å². The van der Waals surface area contributed by atoms with E-state index in [9.17, 15) is 4.79 Å². The number of amides is 1. The number of benzene rings is 2. The number of anilines is 1. The van der Waals surface area contributed by atoms with Crippen molar-refractivity contribution in [2.75, 3.05) is 5.32 Å². The molecule has 0 bridgehead atoms. The number of aromatic nitrogens is 2. The van der Waals surface area contributed by atoms with Gasteiger partial charge in [0.15, 0.2) is 5.82 Å². The zero-order valence-electron chi connectivity index (χ0n) is 14.2. The summed E-state index contributed by atoms with van der Waals surface area (Å²) in [5, 5.41) is 10.9. The summed E-state index contributed by atoms with van der Waals surface area (Å²) in [5.74, 6) is 1.59. The first-order valence-electron chi connectivity index (χ1n) is 8.28. The first kappa shape index (κ1) is 16.5. The minimum Gasteiger partial charge on any atom is -0.472 e. The molecule has 0 aliphatic rings. The standard InChI is InChI=1S/C21H15N3O3/c25-21(16-12-13-26-14-16)22-20-11-10-19(23-24-20)15-6-8-18(9-7-15)27-17-4-2-1-3-5-17/h1-14H,(H,22,24,25). The molecule has 1 N–H and O–H groups in total. The van der Waals surface area contributed by atoms with Crippen molar-refractivity contribution in [1.29, 1.82) is 0 Å². The average Bonchev–Trinajstić information content (AvgIpc) is 3.25. The number of hydrogen-bond donors (Lipinski definition) is 1. The van der Waals surface area contributed by atoms with E-state index >= 15 is 0 Å². The maximum absolute atomic E-state index is 12.0. The number of ether oxygens (including phenoxy) is 1. The van der Waals surface area contributed by atoms with Gasteiger partial charge in [0, 0.05) is 5.56 Å². The highest BCUT2D eigenvalue weighted by molar-refractivity contribution is 6.03. The number of carbonyl (C=O) groups excluding carboxylic acids is 1. The van der Waals surface area contributed by atoms with E-state index in [1.807, 2.05) is 54.6 Å². The minimum absolute atomic E-state index is 0.298. The van der Waals surface area contributed by atoms with E-state index in [4.69, 9.17) is 9.15 Å². The molecule has 1 amide bonds. The van der Waals surface area contributed by atoms with E-state index in [0.717, 1.165) is 17.1 Å². The third-order valence-corrected chi connectivity index (χ3v) is 3.82. The summed E-state index contributed by atoms with van der Waals surface area (Å²) in [4.78, 5) is 12.0. The van der Waals surface area contributed by atoms with Crippen LogP contribution in [0.15, 0.2) is 89.7 Å². The summed E-state index contributed by atoms with van der Waals surface area (Å²) >= 11 is 0. The minimum atomic E-state index is -0.298. The lowest BCUT2D eigenvalue weighted by molar-refractivity contribution is 0.102. The van der Waals surface area contributed by atoms with Crippen LogP contribution in [0.5, 0.6) is 11.5 Å². The molecule has 0 unspecified atom stereocenters. The van der Waals surface area contributed by atoms with Crippen LogP contribution in [0.3, 0.4) is 0 Å². The lowest BCUT2D eigenvalue weighted by Crippen LogP contribution is -2.12. The van der Waals surface area contributed by atoms with Gasteiger partial charge in [0.05, 0.1) is 17.5 Å². The third-order valence-electron chi connectivity index (χ3n) is 3.82. The molecule has 0 radical (unpaired) electrons. The summed E-state index contributed by atoms with van der Waals surface area (Å²) in [7, 11) is 0. The Kier molecular flexibility index (Phi) is 4.61. The van der Waals surface area contributed by atoms with Gasteiger partial charge < -0.3 is 14.5 Å². The highest BCUT2D eigenvalue weighted by Gasteiger charge is 2.09. The van der Waals surface area contributed by atoms with Crippen molar-refractivity contribution in [1.82, 2.24) is 10.2 Å². The fourth-order valence-corrected chi connectivity index (χ4v) is 2.45. The second-order valence-electron chi connectivity index (χ2n) is 5.71. The molecule has 0 saturated carbocycles. The highest BCUT2D eigenvalue weighted by Crippen LogP contribution is 2.24. The largest absolute Gasteiger partial charge is 0.472 e. The van der Waals surface area contributed by atoms with Crippen molar-refractivity contribution in [3.05, 3.63) is 90.9 Å². The Morgan fingerprint density at radius 1 is 0.852 bits per heavy atom. The topological polar surface area (TPSA) is 77.2 Å². The molecule has 6 heteroatoms. The number of rotatable bonds is 5. The van der Waals surface area contributed by atoms with E-state index < -0.39 is 0 Å². The summed E-state index contributed by atoms with van der Waals surface area (Å²) in [6, 6.07) is 22.2. The smallest absolute Gasteiger partial charge is 0.260 e. The van der Waals surface area contributed by atoms with Crippen molar-refractivity contribution in [3.63, 3.8) is 0 Å². The Balaban J connectivity index is 1.43. The highest BCUT2D eigenvalue weighted by atomic mass is 16.5. The van der Waals surface area contributed by atoms with Gasteiger partial charge in [-0.1, -0.05) is 18.2 Å². The average molecular weight is 357 g/mol. The van der Waals surface area contributed by atoms with E-state index in [2.05, 4.69) is 15.5 Å². The van der Waals surface area contributed by atoms with Crippen LogP contribution in [-0.4, -0.2) is 16.1 Å². The van der Waals surface area contributed by atoms with Crippen LogP contribution < -0.4 is 10.1 Å². The fourth-order valence-electron chi connectivity index (χ4n) is 2.45. The number of para-hydroxylation sites is 1. The van der Waals surface area contributed by atoms with E-state index in [0.29, 0.717) is 17.1 Å². The molecular formula is C21H15N3O3. The van der Waals surface area contributed by atoms with Crippen LogP contribution in [0.1, 0.15) is 10.4 Å². The van der Waals surface area contributed by atoms with Crippen molar-refractivity contribution in [2.45, 2.75) is 0 Å². The van der Waals surface area contributed by atoms with Gasteiger partial charge in [-0.2, -0.15) is 0 Å². The van der Waals surface area contributed by atoms with E-state index in [-0.39, 0.29) is 5.91 Å². The monoisotopic (exact) mass is 357 g/mol. The normalized spacial score (nSPS) is 10.4. The van der Waals surface area contributed by atoms with E-state index in [1.54, 1.807) is 18.2 Å². The molecule has 4 rings (SSSR count). The molecule has 0 saturated heterocycles. The van der Waals surface area contributed by atoms with Gasteiger partial charge in [0.1, 0.15) is 17.8 Å². The maximum atomic E-state index is 12.0. The van der Waals surface area contributed by atoms with Gasteiger partial charge >= 0.3 is 0 Å². The van der Waals surface area contributed by atoms with Crippen molar-refractivity contribution in [3.8, 4) is 22.8 Å². The number of furan rings is 1. The van der Waals surface area contributed by atoms with Gasteiger partial charge in [0.2, 0.25) is 0 Å². The molecule has 0 aliphatic carbocycles. The van der Waals surface area contributed by atoms with Crippen LogP contribution in [0.25, 0.3) is 11.3 Å². The van der Waals surface area contributed by atoms with Crippen LogP contribution in [0.4, 0.5) is 5.82 Å². The van der Waals surface area contributed by atoms with Gasteiger partial charge in [-0.25, -0.2) is 0 Å². The molecule has 0 aliphatic heterocycles. The Morgan fingerprint density at radius 2 is 1.63 bits per heavy atom. The molecule has 2 aromatic heterocycles. The quantitative estimate of drug-likeness (QED) is 0.556. The number of nitrogens with one attached hydrogen (secondary N) is 1. The maximum Gasteiger partial charge on any atom is 0.260 e. The van der Waals surface area contributed by atoms with Crippen LogP contribution in [0, 0.1) is 0 Å².